The van der Waals surface area contributed by atoms with E-state index in [2.05, 4.69) is 19.9 Å². The van der Waals surface area contributed by atoms with Gasteiger partial charge in [-0.05, 0) is 31.0 Å². The molecule has 10 heteroatoms. The molecule has 1 aromatic heterocycles. The van der Waals surface area contributed by atoms with Crippen molar-refractivity contribution < 1.29 is 17.9 Å². The Morgan fingerprint density at radius 2 is 2.07 bits per heavy atom. The molecule has 1 aliphatic carbocycles. The molecule has 0 spiro atoms. The predicted octanol–water partition coefficient (Wildman–Crippen LogP) is 1.67. The summed E-state index contributed by atoms with van der Waals surface area (Å²) in [7, 11) is -3.60. The highest BCUT2D eigenvalue weighted by Gasteiger charge is 2.28. The first-order valence-electron chi connectivity index (χ1n) is 9.18. The maximum Gasteiger partial charge on any atom is 0.257 e. The molecule has 1 aromatic carbocycles. The van der Waals surface area contributed by atoms with Crippen LogP contribution in [-0.2, 0) is 21.3 Å². The lowest BCUT2D eigenvalue weighted by Crippen LogP contribution is -2.35. The zero-order valence-electron chi connectivity index (χ0n) is 15.3. The second kappa shape index (κ2) is 8.26. The van der Waals surface area contributed by atoms with Crippen LogP contribution in [0.1, 0.15) is 28.9 Å². The Morgan fingerprint density at radius 3 is 2.82 bits per heavy atom. The van der Waals surface area contributed by atoms with E-state index in [1.165, 1.54) is 23.5 Å². The highest BCUT2D eigenvalue weighted by molar-refractivity contribution is 7.89. The fourth-order valence-corrected chi connectivity index (χ4v) is 4.93. The van der Waals surface area contributed by atoms with Gasteiger partial charge in [-0.1, -0.05) is 6.07 Å². The Hall–Kier alpha value is -1.85. The summed E-state index contributed by atoms with van der Waals surface area (Å²) in [6.45, 7) is 3.91. The van der Waals surface area contributed by atoms with Crippen LogP contribution in [0.15, 0.2) is 34.5 Å². The predicted molar refractivity (Wildman–Crippen MR) is 106 cm³/mol. The molecule has 1 aliphatic heterocycles. The van der Waals surface area contributed by atoms with E-state index in [-0.39, 0.29) is 22.4 Å². The number of nitrogens with zero attached hydrogens (tertiary/aromatic N) is 2. The lowest BCUT2D eigenvalue weighted by atomic mass is 10.2. The second-order valence-electron chi connectivity index (χ2n) is 6.91. The van der Waals surface area contributed by atoms with Crippen LogP contribution >= 0.6 is 11.3 Å². The Bertz CT molecular complexity index is 950. The first kappa shape index (κ1) is 19.5. The summed E-state index contributed by atoms with van der Waals surface area (Å²) >= 11 is 1.36. The number of amides is 1. The van der Waals surface area contributed by atoms with Crippen LogP contribution in [0.5, 0.6) is 0 Å². The molecule has 2 aromatic rings. The van der Waals surface area contributed by atoms with Gasteiger partial charge < -0.3 is 4.74 Å². The number of nitrogens with one attached hydrogen (secondary N) is 2. The summed E-state index contributed by atoms with van der Waals surface area (Å²) in [6.07, 6.45) is 1.71. The van der Waals surface area contributed by atoms with Crippen LogP contribution in [0.25, 0.3) is 0 Å². The molecule has 28 heavy (non-hydrogen) atoms. The van der Waals surface area contributed by atoms with E-state index in [0.717, 1.165) is 51.4 Å². The third kappa shape index (κ3) is 4.95. The normalized spacial score (nSPS) is 18.1. The number of ether oxygens (including phenoxy) is 1. The van der Waals surface area contributed by atoms with E-state index < -0.39 is 10.0 Å². The second-order valence-corrected chi connectivity index (χ2v) is 9.48. The van der Waals surface area contributed by atoms with Gasteiger partial charge in [-0.2, -0.15) is 0 Å². The van der Waals surface area contributed by atoms with E-state index in [1.807, 2.05) is 5.38 Å². The number of carbonyl (C=O) groups excluding carboxylic acids is 1. The van der Waals surface area contributed by atoms with Crippen molar-refractivity contribution in [2.75, 3.05) is 31.6 Å². The standard InChI is InChI=1S/C18H22N4O4S2/c23-17(13-2-1-3-16(10-13)28(24,25)21-14-4-5-14)20-18-19-15(12-27-18)11-22-6-8-26-9-7-22/h1-3,10,12,14,21H,4-9,11H2,(H,19,20,23). The molecule has 2 N–H and O–H groups in total. The summed E-state index contributed by atoms with van der Waals surface area (Å²) in [5.74, 6) is -0.379. The van der Waals surface area contributed by atoms with Crippen LogP contribution in [0.2, 0.25) is 0 Å². The first-order chi connectivity index (χ1) is 13.5. The van der Waals surface area contributed by atoms with Gasteiger partial charge in [0.05, 0.1) is 23.8 Å². The molecule has 0 atom stereocenters. The minimum Gasteiger partial charge on any atom is -0.379 e. The fourth-order valence-electron chi connectivity index (χ4n) is 2.89. The first-order valence-corrected chi connectivity index (χ1v) is 11.5. The third-order valence-electron chi connectivity index (χ3n) is 4.57. The van der Waals surface area contributed by atoms with Gasteiger partial charge in [-0.25, -0.2) is 18.1 Å². The Labute approximate surface area is 168 Å². The number of morpholine rings is 1. The molecule has 1 saturated carbocycles. The number of aromatic nitrogens is 1. The van der Waals surface area contributed by atoms with Crippen LogP contribution in [0.4, 0.5) is 5.13 Å². The van der Waals surface area contributed by atoms with Gasteiger partial charge in [0.15, 0.2) is 5.13 Å². The molecule has 4 rings (SSSR count). The lowest BCUT2D eigenvalue weighted by molar-refractivity contribution is 0.0337. The molecule has 1 amide bonds. The van der Waals surface area contributed by atoms with Gasteiger partial charge in [0, 0.05) is 36.6 Å². The van der Waals surface area contributed by atoms with Crippen molar-refractivity contribution in [3.63, 3.8) is 0 Å². The zero-order valence-corrected chi connectivity index (χ0v) is 16.9. The van der Waals surface area contributed by atoms with Gasteiger partial charge in [0.2, 0.25) is 10.0 Å². The van der Waals surface area contributed by atoms with Crippen LogP contribution in [0.3, 0.4) is 0 Å². The van der Waals surface area contributed by atoms with E-state index in [0.29, 0.717) is 5.13 Å². The molecule has 0 radical (unpaired) electrons. The van der Waals surface area contributed by atoms with E-state index >= 15 is 0 Å². The maximum absolute atomic E-state index is 12.5. The van der Waals surface area contributed by atoms with Gasteiger partial charge in [-0.15, -0.1) is 11.3 Å². The van der Waals surface area contributed by atoms with Crippen molar-refractivity contribution in [2.45, 2.75) is 30.3 Å². The lowest BCUT2D eigenvalue weighted by Gasteiger charge is -2.25. The van der Waals surface area contributed by atoms with Crippen molar-refractivity contribution in [3.05, 3.63) is 40.9 Å². The molecule has 1 saturated heterocycles. The number of rotatable bonds is 7. The molecule has 150 valence electrons. The van der Waals surface area contributed by atoms with Crippen LogP contribution in [0, 0.1) is 0 Å². The minimum atomic E-state index is -3.60. The number of carbonyl (C=O) groups is 1. The topological polar surface area (TPSA) is 101 Å². The quantitative estimate of drug-likeness (QED) is 0.704. The number of sulfonamides is 1. The number of hydrogen-bond donors (Lipinski definition) is 2. The van der Waals surface area contributed by atoms with E-state index in [1.54, 1.807) is 12.1 Å². The summed E-state index contributed by atoms with van der Waals surface area (Å²) in [4.78, 5) is 19.4. The molecule has 2 fully saturated rings. The molecule has 2 heterocycles. The van der Waals surface area contributed by atoms with Crippen molar-refractivity contribution in [1.82, 2.24) is 14.6 Å². The number of anilines is 1. The van der Waals surface area contributed by atoms with Gasteiger partial charge >= 0.3 is 0 Å². The Morgan fingerprint density at radius 1 is 1.29 bits per heavy atom. The molecule has 8 nitrogen and oxygen atoms in total. The fraction of sp³-hybridized carbons (Fsp3) is 0.444. The average Bonchev–Trinajstić information content (AvgIpc) is 3.39. The highest BCUT2D eigenvalue weighted by atomic mass is 32.2. The van der Waals surface area contributed by atoms with Crippen LogP contribution < -0.4 is 10.0 Å². The number of benzene rings is 1. The SMILES string of the molecule is O=C(Nc1nc(CN2CCOCC2)cs1)c1cccc(S(=O)(=O)NC2CC2)c1. The van der Waals surface area contributed by atoms with Crippen molar-refractivity contribution in [3.8, 4) is 0 Å². The summed E-state index contributed by atoms with van der Waals surface area (Å²) in [5, 5.41) is 5.18. The monoisotopic (exact) mass is 422 g/mol. The van der Waals surface area contributed by atoms with E-state index in [4.69, 9.17) is 4.74 Å². The summed E-state index contributed by atoms with van der Waals surface area (Å²) in [5.41, 5.74) is 1.18. The number of hydrogen-bond acceptors (Lipinski definition) is 7. The van der Waals surface area contributed by atoms with Crippen molar-refractivity contribution >= 4 is 32.4 Å². The highest BCUT2D eigenvalue weighted by Crippen LogP contribution is 2.23. The summed E-state index contributed by atoms with van der Waals surface area (Å²) in [6, 6.07) is 6.06. The van der Waals surface area contributed by atoms with E-state index in [9.17, 15) is 13.2 Å². The molecular weight excluding hydrogens is 400 g/mol. The smallest absolute Gasteiger partial charge is 0.257 e. The van der Waals surface area contributed by atoms with Gasteiger partial charge in [-0.3, -0.25) is 15.0 Å². The van der Waals surface area contributed by atoms with Crippen molar-refractivity contribution in [1.29, 1.82) is 0 Å². The zero-order chi connectivity index (χ0) is 19.6. The molecule has 0 unspecified atom stereocenters. The third-order valence-corrected chi connectivity index (χ3v) is 6.89. The Kier molecular flexibility index (Phi) is 5.74. The maximum atomic E-state index is 12.5. The van der Waals surface area contributed by atoms with Gasteiger partial charge in [0.25, 0.3) is 5.91 Å². The summed E-state index contributed by atoms with van der Waals surface area (Å²) < 4.78 is 32.6. The van der Waals surface area contributed by atoms with Crippen LogP contribution in [-0.4, -0.2) is 56.6 Å². The van der Waals surface area contributed by atoms with Crippen molar-refractivity contribution in [2.24, 2.45) is 0 Å². The Balaban J connectivity index is 1.40. The number of thiazole rings is 1. The largest absolute Gasteiger partial charge is 0.379 e. The minimum absolute atomic E-state index is 0.0164. The van der Waals surface area contributed by atoms with Gasteiger partial charge in [0.1, 0.15) is 0 Å². The molecule has 2 aliphatic rings. The average molecular weight is 423 g/mol. The molecule has 0 bridgehead atoms. The molecular formula is C18H22N4O4S2.